The van der Waals surface area contributed by atoms with E-state index in [0.717, 1.165) is 11.1 Å². The third-order valence-corrected chi connectivity index (χ3v) is 3.89. The molecule has 0 fully saturated rings. The van der Waals surface area contributed by atoms with E-state index in [1.165, 1.54) is 6.07 Å². The fourth-order valence-corrected chi connectivity index (χ4v) is 2.13. The van der Waals surface area contributed by atoms with Crippen molar-refractivity contribution >= 4 is 50.5 Å². The van der Waals surface area contributed by atoms with Crippen LogP contribution in [0, 0.1) is 0 Å². The predicted octanol–water partition coefficient (Wildman–Crippen LogP) is 7.25. The van der Waals surface area contributed by atoms with E-state index in [4.69, 9.17) is 9.84 Å². The summed E-state index contributed by atoms with van der Waals surface area (Å²) in [5.74, 6) is 0.605. The van der Waals surface area contributed by atoms with Gasteiger partial charge in [-0.1, -0.05) is 53.7 Å². The zero-order valence-electron chi connectivity index (χ0n) is 17.9. The van der Waals surface area contributed by atoms with Crippen molar-refractivity contribution in [3.63, 3.8) is 0 Å². The van der Waals surface area contributed by atoms with Crippen molar-refractivity contribution in [1.29, 1.82) is 0 Å². The lowest BCUT2D eigenvalue weighted by Crippen LogP contribution is -2.10. The SMILES string of the molecule is BrB(Br)Br.CC(C)(C)c1ccc(O)c(O)c1.COc1cc(C(C)(C)C)ccc1O. The molecule has 29 heavy (non-hydrogen) atoms. The monoisotopic (exact) mass is 594 g/mol. The summed E-state index contributed by atoms with van der Waals surface area (Å²) in [5.41, 5.74) is 2.26. The van der Waals surface area contributed by atoms with E-state index in [1.54, 1.807) is 19.2 Å². The Labute approximate surface area is 199 Å². The van der Waals surface area contributed by atoms with Crippen LogP contribution >= 0.6 is 47.3 Å². The van der Waals surface area contributed by atoms with Gasteiger partial charge in [-0.15, -0.1) is 47.3 Å². The second-order valence-electron chi connectivity index (χ2n) is 8.34. The number of phenolic OH excluding ortho intramolecular Hbond substituents is 3. The summed E-state index contributed by atoms with van der Waals surface area (Å²) in [4.78, 5) is 0. The largest absolute Gasteiger partial charge is 0.504 e. The van der Waals surface area contributed by atoms with Crippen LogP contribution in [0.2, 0.25) is 0 Å². The molecular formula is C21H30BBr3O4. The van der Waals surface area contributed by atoms with E-state index in [1.807, 2.05) is 18.2 Å². The first-order chi connectivity index (χ1) is 13.1. The van der Waals surface area contributed by atoms with E-state index in [2.05, 4.69) is 88.8 Å². The average Bonchev–Trinajstić information content (AvgIpc) is 2.56. The molecule has 0 heterocycles. The van der Waals surface area contributed by atoms with Crippen molar-refractivity contribution in [2.45, 2.75) is 52.4 Å². The number of benzene rings is 2. The third kappa shape index (κ3) is 11.2. The molecule has 2 aromatic carbocycles. The van der Waals surface area contributed by atoms with Crippen LogP contribution in [0.25, 0.3) is 0 Å². The summed E-state index contributed by atoms with van der Waals surface area (Å²) in [6.45, 7) is 12.5. The van der Waals surface area contributed by atoms with Gasteiger partial charge in [0.2, 0.25) is 0 Å². The highest BCUT2D eigenvalue weighted by Crippen LogP contribution is 2.32. The highest BCUT2D eigenvalue weighted by molar-refractivity contribution is 9.69. The standard InChI is InChI=1S/C11H16O2.C10H14O2.BBr3/c1-11(2,3)8-5-6-9(12)10(7-8)13-4;1-10(2,3)7-4-5-8(11)9(12)6-7;2-1(3)4/h5-7,12H,1-4H3;4-6,11-12H,1-3H3;. The number of ether oxygens (including phenoxy) is 1. The molecule has 0 spiro atoms. The second kappa shape index (κ2) is 12.1. The molecule has 0 aliphatic carbocycles. The minimum atomic E-state index is -0.0667. The molecule has 0 bridgehead atoms. The van der Waals surface area contributed by atoms with Gasteiger partial charge < -0.3 is 20.1 Å². The summed E-state index contributed by atoms with van der Waals surface area (Å²) >= 11 is 9.31. The van der Waals surface area contributed by atoms with Gasteiger partial charge in [0.1, 0.15) is 0 Å². The second-order valence-corrected chi connectivity index (χ2v) is 14.8. The Balaban J connectivity index is 0.000000459. The molecule has 0 aliphatic heterocycles. The fourth-order valence-electron chi connectivity index (χ4n) is 2.13. The van der Waals surface area contributed by atoms with Gasteiger partial charge in [0.25, 0.3) is 0 Å². The van der Waals surface area contributed by atoms with Crippen LogP contribution in [0.15, 0.2) is 36.4 Å². The summed E-state index contributed by atoms with van der Waals surface area (Å²) in [6.07, 6.45) is 0. The molecule has 8 heteroatoms. The maximum Gasteiger partial charge on any atom is 0.369 e. The molecule has 0 amide bonds. The number of methoxy groups -OCH3 is 1. The van der Waals surface area contributed by atoms with E-state index in [-0.39, 0.29) is 31.3 Å². The van der Waals surface area contributed by atoms with Crippen LogP contribution in [-0.2, 0) is 10.8 Å². The van der Waals surface area contributed by atoms with Gasteiger partial charge >= 0.3 is 3.18 Å². The first-order valence-corrected chi connectivity index (χ1v) is 11.7. The fraction of sp³-hybridized carbons (Fsp3) is 0.429. The Bertz CT molecular complexity index is 767. The predicted molar refractivity (Wildman–Crippen MR) is 134 cm³/mol. The van der Waals surface area contributed by atoms with Crippen molar-refractivity contribution < 1.29 is 20.1 Å². The molecule has 0 saturated heterocycles. The number of halogens is 3. The normalized spacial score (nSPS) is 10.8. The van der Waals surface area contributed by atoms with Crippen molar-refractivity contribution in [1.82, 2.24) is 0 Å². The molecule has 0 unspecified atom stereocenters. The number of phenols is 3. The van der Waals surface area contributed by atoms with Gasteiger partial charge in [-0.3, -0.25) is 0 Å². The van der Waals surface area contributed by atoms with E-state index in [0.29, 0.717) is 5.75 Å². The number of hydrogen-bond donors (Lipinski definition) is 3. The van der Waals surface area contributed by atoms with Crippen molar-refractivity contribution in [3.8, 4) is 23.0 Å². The van der Waals surface area contributed by atoms with Gasteiger partial charge in [0, 0.05) is 0 Å². The van der Waals surface area contributed by atoms with Gasteiger partial charge in [0.15, 0.2) is 23.0 Å². The smallest absolute Gasteiger partial charge is 0.369 e. The summed E-state index contributed by atoms with van der Waals surface area (Å²) in [7, 11) is 1.56. The minimum Gasteiger partial charge on any atom is -0.504 e. The quantitative estimate of drug-likeness (QED) is 0.240. The first kappa shape index (κ1) is 28.1. The van der Waals surface area contributed by atoms with Crippen LogP contribution in [0.4, 0.5) is 0 Å². The molecule has 3 N–H and O–H groups in total. The minimum absolute atomic E-state index is 0.00514. The van der Waals surface area contributed by atoms with Gasteiger partial charge in [-0.05, 0) is 46.2 Å². The first-order valence-electron chi connectivity index (χ1n) is 8.91. The van der Waals surface area contributed by atoms with Gasteiger partial charge in [0.05, 0.1) is 7.11 Å². The van der Waals surface area contributed by atoms with Crippen LogP contribution in [-0.4, -0.2) is 25.6 Å². The van der Waals surface area contributed by atoms with Crippen LogP contribution in [0.1, 0.15) is 52.7 Å². The van der Waals surface area contributed by atoms with E-state index >= 15 is 0 Å². The molecule has 0 aliphatic rings. The highest BCUT2D eigenvalue weighted by Gasteiger charge is 2.16. The lowest BCUT2D eigenvalue weighted by Gasteiger charge is -2.19. The van der Waals surface area contributed by atoms with E-state index < -0.39 is 0 Å². The van der Waals surface area contributed by atoms with Crippen molar-refractivity contribution in [3.05, 3.63) is 47.5 Å². The Morgan fingerprint density at radius 1 is 0.690 bits per heavy atom. The van der Waals surface area contributed by atoms with Crippen LogP contribution < -0.4 is 4.74 Å². The summed E-state index contributed by atoms with van der Waals surface area (Å²) < 4.78 is 5.30. The Hall–Kier alpha value is -0.855. The maximum atomic E-state index is 9.38. The Morgan fingerprint density at radius 2 is 1.07 bits per heavy atom. The molecule has 162 valence electrons. The Kier molecular flexibility index (Phi) is 11.8. The topological polar surface area (TPSA) is 69.9 Å². The third-order valence-electron chi connectivity index (χ3n) is 3.89. The molecular weight excluding hydrogens is 567 g/mol. The lowest BCUT2D eigenvalue weighted by molar-refractivity contribution is 0.371. The summed E-state index contributed by atoms with van der Waals surface area (Å²) in [6, 6.07) is 10.4. The Morgan fingerprint density at radius 3 is 1.41 bits per heavy atom. The van der Waals surface area contributed by atoms with Crippen LogP contribution in [0.5, 0.6) is 23.0 Å². The molecule has 2 rings (SSSR count). The molecule has 0 atom stereocenters. The van der Waals surface area contributed by atoms with Crippen molar-refractivity contribution in [2.24, 2.45) is 0 Å². The zero-order chi connectivity index (χ0) is 23.0. The molecule has 2 aromatic rings. The molecule has 0 radical (unpaired) electrons. The number of rotatable bonds is 1. The number of hydrogen-bond acceptors (Lipinski definition) is 4. The lowest BCUT2D eigenvalue weighted by atomic mass is 9.87. The van der Waals surface area contributed by atoms with Crippen LogP contribution in [0.3, 0.4) is 0 Å². The van der Waals surface area contributed by atoms with E-state index in [9.17, 15) is 10.2 Å². The zero-order valence-corrected chi connectivity index (χ0v) is 22.7. The van der Waals surface area contributed by atoms with Crippen molar-refractivity contribution in [2.75, 3.05) is 7.11 Å². The maximum absolute atomic E-state index is 9.38. The van der Waals surface area contributed by atoms with Gasteiger partial charge in [-0.2, -0.15) is 0 Å². The summed E-state index contributed by atoms with van der Waals surface area (Å²) in [5, 5.41) is 27.6. The number of aromatic hydroxyl groups is 3. The molecule has 4 nitrogen and oxygen atoms in total. The highest BCUT2D eigenvalue weighted by atomic mass is 79.9. The molecule has 0 aromatic heterocycles. The molecule has 0 saturated carbocycles. The average molecular weight is 597 g/mol. The van der Waals surface area contributed by atoms with Gasteiger partial charge in [-0.25, -0.2) is 0 Å².